The van der Waals surface area contributed by atoms with Crippen LogP contribution in [0, 0.1) is 0 Å². The highest BCUT2D eigenvalue weighted by Gasteiger charge is 2.25. The lowest BCUT2D eigenvalue weighted by Crippen LogP contribution is -2.25. The maximum Gasteiger partial charge on any atom is 0.231 e. The van der Waals surface area contributed by atoms with Crippen LogP contribution in [0.4, 0.5) is 5.69 Å². The van der Waals surface area contributed by atoms with Crippen LogP contribution in [0.3, 0.4) is 0 Å². The zero-order chi connectivity index (χ0) is 11.7. The Kier molecular flexibility index (Phi) is 2.82. The summed E-state index contributed by atoms with van der Waals surface area (Å²) >= 11 is 0. The van der Waals surface area contributed by atoms with E-state index in [2.05, 4.69) is 24.8 Å². The molecule has 0 bridgehead atoms. The Morgan fingerprint density at radius 1 is 1.50 bits per heavy atom. The van der Waals surface area contributed by atoms with Gasteiger partial charge in [-0.2, -0.15) is 0 Å². The largest absolute Gasteiger partial charge is 0.312 e. The first-order valence-electron chi connectivity index (χ1n) is 5.68. The van der Waals surface area contributed by atoms with Crippen LogP contribution in [-0.2, 0) is 17.6 Å². The standard InChI is InChI=1S/C14H17NO/c1-4-15-13-6-5-11(7-10(2)3)8-12(13)9-14(15)16/h5-6,8H,2,4,7,9H2,1,3H3. The summed E-state index contributed by atoms with van der Waals surface area (Å²) in [4.78, 5) is 13.6. The molecule has 0 aromatic heterocycles. The van der Waals surface area contributed by atoms with Crippen LogP contribution >= 0.6 is 0 Å². The molecule has 1 aliphatic rings. The Morgan fingerprint density at radius 3 is 2.88 bits per heavy atom. The number of nitrogens with zero attached hydrogens (tertiary/aromatic N) is 1. The summed E-state index contributed by atoms with van der Waals surface area (Å²) in [6.07, 6.45) is 1.45. The molecule has 0 unspecified atom stereocenters. The van der Waals surface area contributed by atoms with Gasteiger partial charge in [0.25, 0.3) is 0 Å². The molecule has 0 fully saturated rings. The van der Waals surface area contributed by atoms with E-state index in [1.165, 1.54) is 5.56 Å². The average molecular weight is 215 g/mol. The third-order valence-corrected chi connectivity index (χ3v) is 2.90. The van der Waals surface area contributed by atoms with Gasteiger partial charge >= 0.3 is 0 Å². The number of carbonyl (C=O) groups is 1. The highest BCUT2D eigenvalue weighted by Crippen LogP contribution is 2.29. The van der Waals surface area contributed by atoms with Crippen LogP contribution in [-0.4, -0.2) is 12.5 Å². The average Bonchev–Trinajstić information content (AvgIpc) is 2.51. The molecule has 2 heteroatoms. The zero-order valence-corrected chi connectivity index (χ0v) is 9.92. The molecule has 0 saturated heterocycles. The summed E-state index contributed by atoms with van der Waals surface area (Å²) in [6, 6.07) is 6.29. The van der Waals surface area contributed by atoms with Crippen molar-refractivity contribution >= 4 is 11.6 Å². The van der Waals surface area contributed by atoms with E-state index in [1.54, 1.807) is 0 Å². The Morgan fingerprint density at radius 2 is 2.25 bits per heavy atom. The highest BCUT2D eigenvalue weighted by molar-refractivity contribution is 6.01. The Labute approximate surface area is 96.6 Å². The molecule has 16 heavy (non-hydrogen) atoms. The van der Waals surface area contributed by atoms with Gasteiger partial charge in [-0.3, -0.25) is 4.79 Å². The molecular weight excluding hydrogens is 198 g/mol. The number of fused-ring (bicyclic) bond motifs is 1. The first-order chi connectivity index (χ1) is 7.61. The molecule has 1 aromatic carbocycles. The summed E-state index contributed by atoms with van der Waals surface area (Å²) < 4.78 is 0. The molecule has 1 aliphatic heterocycles. The van der Waals surface area contributed by atoms with Crippen molar-refractivity contribution < 1.29 is 4.79 Å². The molecule has 2 rings (SSSR count). The van der Waals surface area contributed by atoms with E-state index in [9.17, 15) is 4.79 Å². The molecule has 0 radical (unpaired) electrons. The van der Waals surface area contributed by atoms with Crippen LogP contribution in [0.15, 0.2) is 30.4 Å². The van der Waals surface area contributed by atoms with Crippen molar-refractivity contribution in [1.29, 1.82) is 0 Å². The van der Waals surface area contributed by atoms with Crippen molar-refractivity contribution in [3.05, 3.63) is 41.5 Å². The molecule has 1 amide bonds. The summed E-state index contributed by atoms with van der Waals surface area (Å²) in [5, 5.41) is 0. The van der Waals surface area contributed by atoms with Gasteiger partial charge in [0, 0.05) is 12.2 Å². The lowest BCUT2D eigenvalue weighted by molar-refractivity contribution is -0.117. The summed E-state index contributed by atoms with van der Waals surface area (Å²) in [5.74, 6) is 0.213. The van der Waals surface area contributed by atoms with E-state index in [1.807, 2.05) is 18.7 Å². The van der Waals surface area contributed by atoms with E-state index < -0.39 is 0 Å². The van der Waals surface area contributed by atoms with Gasteiger partial charge in [-0.25, -0.2) is 0 Å². The number of rotatable bonds is 3. The number of allylic oxidation sites excluding steroid dienone is 1. The molecule has 1 aromatic rings. The van der Waals surface area contributed by atoms with Gasteiger partial charge in [0.05, 0.1) is 6.42 Å². The minimum Gasteiger partial charge on any atom is -0.312 e. The van der Waals surface area contributed by atoms with E-state index in [0.29, 0.717) is 6.42 Å². The second-order valence-electron chi connectivity index (χ2n) is 4.41. The molecule has 0 N–H and O–H groups in total. The summed E-state index contributed by atoms with van der Waals surface area (Å²) in [7, 11) is 0. The maximum absolute atomic E-state index is 11.7. The third kappa shape index (κ3) is 1.87. The molecule has 0 atom stereocenters. The van der Waals surface area contributed by atoms with Gasteiger partial charge in [-0.1, -0.05) is 24.3 Å². The molecule has 1 heterocycles. The maximum atomic E-state index is 11.7. The highest BCUT2D eigenvalue weighted by atomic mass is 16.2. The number of anilines is 1. The lowest BCUT2D eigenvalue weighted by Gasteiger charge is -2.14. The summed E-state index contributed by atoms with van der Waals surface area (Å²) in [5.41, 5.74) is 4.64. The lowest BCUT2D eigenvalue weighted by atomic mass is 10.0. The van der Waals surface area contributed by atoms with Crippen LogP contribution in [0.25, 0.3) is 0 Å². The van der Waals surface area contributed by atoms with Gasteiger partial charge in [0.2, 0.25) is 5.91 Å². The Bertz CT molecular complexity index is 448. The Balaban J connectivity index is 2.32. The fourth-order valence-electron chi connectivity index (χ4n) is 2.24. The monoisotopic (exact) mass is 215 g/mol. The number of benzene rings is 1. The molecule has 0 aliphatic carbocycles. The Hall–Kier alpha value is -1.57. The van der Waals surface area contributed by atoms with Crippen LogP contribution in [0.1, 0.15) is 25.0 Å². The van der Waals surface area contributed by atoms with Gasteiger partial charge in [0.1, 0.15) is 0 Å². The predicted octanol–water partition coefficient (Wildman–Crippen LogP) is 2.71. The second kappa shape index (κ2) is 4.12. The van der Waals surface area contributed by atoms with Gasteiger partial charge in [-0.15, -0.1) is 0 Å². The summed E-state index contributed by atoms with van der Waals surface area (Å²) in [6.45, 7) is 8.70. The van der Waals surface area contributed by atoms with E-state index in [0.717, 1.165) is 29.8 Å². The first-order valence-corrected chi connectivity index (χ1v) is 5.68. The number of hydrogen-bond acceptors (Lipinski definition) is 1. The predicted molar refractivity (Wildman–Crippen MR) is 66.7 cm³/mol. The fourth-order valence-corrected chi connectivity index (χ4v) is 2.24. The third-order valence-electron chi connectivity index (χ3n) is 2.90. The van der Waals surface area contributed by atoms with Gasteiger partial charge in [-0.05, 0) is 37.5 Å². The number of hydrogen-bond donors (Lipinski definition) is 0. The minimum absolute atomic E-state index is 0.213. The van der Waals surface area contributed by atoms with Crippen molar-refractivity contribution in [2.24, 2.45) is 0 Å². The van der Waals surface area contributed by atoms with E-state index in [4.69, 9.17) is 0 Å². The molecule has 0 spiro atoms. The van der Waals surface area contributed by atoms with Crippen molar-refractivity contribution in [3.63, 3.8) is 0 Å². The molecule has 84 valence electrons. The molecule has 2 nitrogen and oxygen atoms in total. The molecule has 0 saturated carbocycles. The fraction of sp³-hybridized carbons (Fsp3) is 0.357. The van der Waals surface area contributed by atoms with Crippen molar-refractivity contribution in [1.82, 2.24) is 0 Å². The normalized spacial score (nSPS) is 14.1. The number of likely N-dealkylation sites (N-methyl/N-ethyl adjacent to an activating group) is 1. The van der Waals surface area contributed by atoms with Crippen LogP contribution < -0.4 is 4.90 Å². The number of amides is 1. The van der Waals surface area contributed by atoms with Crippen molar-refractivity contribution in [2.75, 3.05) is 11.4 Å². The SMILES string of the molecule is C=C(C)Cc1ccc2c(c1)CC(=O)N2CC. The van der Waals surface area contributed by atoms with Gasteiger partial charge in [0.15, 0.2) is 0 Å². The van der Waals surface area contributed by atoms with Crippen LogP contribution in [0.2, 0.25) is 0 Å². The zero-order valence-electron chi connectivity index (χ0n) is 9.92. The minimum atomic E-state index is 0.213. The smallest absolute Gasteiger partial charge is 0.231 e. The second-order valence-corrected chi connectivity index (χ2v) is 4.41. The van der Waals surface area contributed by atoms with Crippen molar-refractivity contribution in [2.45, 2.75) is 26.7 Å². The first kappa shape index (κ1) is 10.9. The van der Waals surface area contributed by atoms with Crippen molar-refractivity contribution in [3.8, 4) is 0 Å². The molecular formula is C14H17NO. The van der Waals surface area contributed by atoms with Crippen LogP contribution in [0.5, 0.6) is 0 Å². The topological polar surface area (TPSA) is 20.3 Å². The number of carbonyl (C=O) groups excluding carboxylic acids is 1. The van der Waals surface area contributed by atoms with E-state index >= 15 is 0 Å². The van der Waals surface area contributed by atoms with E-state index in [-0.39, 0.29) is 5.91 Å². The van der Waals surface area contributed by atoms with Gasteiger partial charge < -0.3 is 4.90 Å². The quantitative estimate of drug-likeness (QED) is 0.710.